The summed E-state index contributed by atoms with van der Waals surface area (Å²) < 4.78 is 10.7. The maximum Gasteiger partial charge on any atom is 0.312 e. The Morgan fingerprint density at radius 2 is 1.95 bits per heavy atom. The van der Waals surface area contributed by atoms with E-state index in [0.717, 1.165) is 11.1 Å². The first kappa shape index (κ1) is 14.3. The van der Waals surface area contributed by atoms with E-state index in [-0.39, 0.29) is 11.8 Å². The number of ketones is 1. The fraction of sp³-hybridized carbons (Fsp3) is 0.222. The lowest BCUT2D eigenvalue weighted by molar-refractivity contribution is -0.141. The third-order valence-electron chi connectivity index (χ3n) is 3.90. The van der Waals surface area contributed by atoms with Gasteiger partial charge in [-0.25, -0.2) is 0 Å². The van der Waals surface area contributed by atoms with Crippen molar-refractivity contribution in [3.63, 3.8) is 0 Å². The molecule has 1 heterocycles. The number of methoxy groups -OCH3 is 1. The molecule has 0 N–H and O–H groups in total. The van der Waals surface area contributed by atoms with Gasteiger partial charge in [0, 0.05) is 12.0 Å². The van der Waals surface area contributed by atoms with E-state index in [1.165, 1.54) is 7.11 Å². The molecule has 1 unspecified atom stereocenters. The Morgan fingerprint density at radius 3 is 2.73 bits per heavy atom. The molecule has 0 fully saturated rings. The van der Waals surface area contributed by atoms with Gasteiger partial charge in [-0.3, -0.25) is 9.59 Å². The van der Waals surface area contributed by atoms with E-state index in [1.807, 2.05) is 24.3 Å². The standard InChI is InChI=1S/C18H16O4/c1-11(18(20)21-2)12-7-8-14-15(19)9-13-5-3-4-6-16(13)22-17(14)10-12/h3-8,10-11H,9H2,1-2H3. The van der Waals surface area contributed by atoms with Crippen LogP contribution in [0, 0.1) is 0 Å². The number of hydrogen-bond acceptors (Lipinski definition) is 4. The van der Waals surface area contributed by atoms with Gasteiger partial charge >= 0.3 is 5.97 Å². The van der Waals surface area contributed by atoms with Gasteiger partial charge in [-0.05, 0) is 30.7 Å². The Bertz CT molecular complexity index is 749. The maximum absolute atomic E-state index is 12.4. The Morgan fingerprint density at radius 1 is 1.18 bits per heavy atom. The lowest BCUT2D eigenvalue weighted by Crippen LogP contribution is -2.11. The van der Waals surface area contributed by atoms with E-state index < -0.39 is 5.92 Å². The van der Waals surface area contributed by atoms with Gasteiger partial charge in [0.1, 0.15) is 11.5 Å². The lowest BCUT2D eigenvalue weighted by Gasteiger charge is -2.13. The van der Waals surface area contributed by atoms with E-state index in [9.17, 15) is 9.59 Å². The highest BCUT2D eigenvalue weighted by Crippen LogP contribution is 2.35. The van der Waals surface area contributed by atoms with Crippen molar-refractivity contribution in [1.82, 2.24) is 0 Å². The average Bonchev–Trinajstić information content (AvgIpc) is 2.68. The molecule has 1 aliphatic heterocycles. The van der Waals surface area contributed by atoms with Gasteiger partial charge in [-0.2, -0.15) is 0 Å². The molecule has 1 aliphatic rings. The van der Waals surface area contributed by atoms with Crippen molar-refractivity contribution in [2.24, 2.45) is 0 Å². The van der Waals surface area contributed by atoms with E-state index >= 15 is 0 Å². The average molecular weight is 296 g/mol. The van der Waals surface area contributed by atoms with Gasteiger partial charge in [0.15, 0.2) is 5.78 Å². The molecule has 4 heteroatoms. The number of hydrogen-bond donors (Lipinski definition) is 0. The molecule has 0 bridgehead atoms. The molecule has 0 aliphatic carbocycles. The van der Waals surface area contributed by atoms with Crippen LogP contribution in [0.3, 0.4) is 0 Å². The summed E-state index contributed by atoms with van der Waals surface area (Å²) in [5.41, 5.74) is 2.17. The molecule has 22 heavy (non-hydrogen) atoms. The first-order valence-electron chi connectivity index (χ1n) is 7.11. The van der Waals surface area contributed by atoms with Crippen LogP contribution in [0.5, 0.6) is 11.5 Å². The molecule has 1 atom stereocenters. The van der Waals surface area contributed by atoms with Crippen LogP contribution in [0.25, 0.3) is 0 Å². The van der Waals surface area contributed by atoms with Crippen molar-refractivity contribution in [3.05, 3.63) is 59.2 Å². The van der Waals surface area contributed by atoms with E-state index in [4.69, 9.17) is 9.47 Å². The second kappa shape index (κ2) is 5.64. The Kier molecular flexibility index (Phi) is 3.67. The summed E-state index contributed by atoms with van der Waals surface area (Å²) in [7, 11) is 1.36. The zero-order chi connectivity index (χ0) is 15.7. The first-order chi connectivity index (χ1) is 10.6. The molecule has 0 amide bonds. The number of rotatable bonds is 2. The molecule has 2 aromatic carbocycles. The SMILES string of the molecule is COC(=O)C(C)c1ccc2c(c1)Oc1ccccc1CC2=O. The highest BCUT2D eigenvalue weighted by molar-refractivity contribution is 6.01. The number of esters is 1. The van der Waals surface area contributed by atoms with Gasteiger partial charge in [-0.15, -0.1) is 0 Å². The number of fused-ring (bicyclic) bond motifs is 2. The number of carbonyl (C=O) groups excluding carboxylic acids is 2. The van der Waals surface area contributed by atoms with Gasteiger partial charge in [0.05, 0.1) is 18.6 Å². The highest BCUT2D eigenvalue weighted by Gasteiger charge is 2.23. The van der Waals surface area contributed by atoms with Crippen molar-refractivity contribution in [2.45, 2.75) is 19.3 Å². The summed E-state index contributed by atoms with van der Waals surface area (Å²) in [5, 5.41) is 0. The summed E-state index contributed by atoms with van der Waals surface area (Å²) in [5.74, 6) is 0.450. The zero-order valence-electron chi connectivity index (χ0n) is 12.5. The molecule has 0 aromatic heterocycles. The lowest BCUT2D eigenvalue weighted by atomic mass is 9.97. The van der Waals surface area contributed by atoms with Crippen LogP contribution in [0.1, 0.15) is 34.3 Å². The van der Waals surface area contributed by atoms with Crippen LogP contribution in [0.4, 0.5) is 0 Å². The van der Waals surface area contributed by atoms with Crippen LogP contribution in [0.15, 0.2) is 42.5 Å². The third kappa shape index (κ3) is 2.48. The predicted octanol–water partition coefficient (Wildman–Crippen LogP) is 3.49. The molecular weight excluding hydrogens is 280 g/mol. The monoisotopic (exact) mass is 296 g/mol. The smallest absolute Gasteiger partial charge is 0.312 e. The molecule has 3 rings (SSSR count). The van der Waals surface area contributed by atoms with Gasteiger partial charge in [0.2, 0.25) is 0 Å². The molecule has 4 nitrogen and oxygen atoms in total. The van der Waals surface area contributed by atoms with Crippen molar-refractivity contribution in [3.8, 4) is 11.5 Å². The van der Waals surface area contributed by atoms with Crippen LogP contribution < -0.4 is 4.74 Å². The second-order valence-electron chi connectivity index (χ2n) is 5.31. The van der Waals surface area contributed by atoms with Crippen molar-refractivity contribution >= 4 is 11.8 Å². The Labute approximate surface area is 128 Å². The van der Waals surface area contributed by atoms with Crippen LogP contribution in [0.2, 0.25) is 0 Å². The molecule has 0 saturated carbocycles. The molecule has 0 radical (unpaired) electrons. The molecular formula is C18H16O4. The van der Waals surface area contributed by atoms with Crippen LogP contribution in [-0.2, 0) is 16.0 Å². The number of benzene rings is 2. The summed E-state index contributed by atoms with van der Waals surface area (Å²) in [4.78, 5) is 24.0. The minimum Gasteiger partial charge on any atom is -0.469 e. The van der Waals surface area contributed by atoms with Crippen molar-refractivity contribution in [2.75, 3.05) is 7.11 Å². The Hall–Kier alpha value is -2.62. The van der Waals surface area contributed by atoms with Gasteiger partial charge in [-0.1, -0.05) is 24.3 Å². The number of carbonyl (C=O) groups is 2. The third-order valence-corrected chi connectivity index (χ3v) is 3.90. The van der Waals surface area contributed by atoms with E-state index in [0.29, 0.717) is 23.5 Å². The fourth-order valence-electron chi connectivity index (χ4n) is 2.57. The largest absolute Gasteiger partial charge is 0.469 e. The second-order valence-corrected chi connectivity index (χ2v) is 5.31. The van der Waals surface area contributed by atoms with Crippen molar-refractivity contribution in [1.29, 1.82) is 0 Å². The quantitative estimate of drug-likeness (QED) is 0.796. The molecule has 0 spiro atoms. The number of ether oxygens (including phenoxy) is 2. The summed E-state index contributed by atoms with van der Waals surface area (Å²) in [6, 6.07) is 12.7. The predicted molar refractivity (Wildman–Crippen MR) is 81.4 cm³/mol. The van der Waals surface area contributed by atoms with Crippen LogP contribution >= 0.6 is 0 Å². The maximum atomic E-state index is 12.4. The fourth-order valence-corrected chi connectivity index (χ4v) is 2.57. The number of para-hydroxylation sites is 1. The summed E-state index contributed by atoms with van der Waals surface area (Å²) in [6.45, 7) is 1.76. The van der Waals surface area contributed by atoms with Crippen LogP contribution in [-0.4, -0.2) is 18.9 Å². The minimum absolute atomic E-state index is 0.0113. The normalized spacial score (nSPS) is 14.2. The molecule has 0 saturated heterocycles. The van der Waals surface area contributed by atoms with Gasteiger partial charge in [0.25, 0.3) is 0 Å². The Balaban J connectivity index is 2.04. The first-order valence-corrected chi connectivity index (χ1v) is 7.11. The number of Topliss-reactive ketones (excluding diaryl/α,β-unsaturated/α-hetero) is 1. The van der Waals surface area contributed by atoms with Crippen molar-refractivity contribution < 1.29 is 19.1 Å². The molecule has 2 aromatic rings. The van der Waals surface area contributed by atoms with Gasteiger partial charge < -0.3 is 9.47 Å². The highest BCUT2D eigenvalue weighted by atomic mass is 16.5. The van der Waals surface area contributed by atoms with E-state index in [1.54, 1.807) is 25.1 Å². The summed E-state index contributed by atoms with van der Waals surface area (Å²) >= 11 is 0. The molecule has 112 valence electrons. The summed E-state index contributed by atoms with van der Waals surface area (Å²) in [6.07, 6.45) is 0.315. The van der Waals surface area contributed by atoms with E-state index in [2.05, 4.69) is 0 Å². The topological polar surface area (TPSA) is 52.6 Å². The minimum atomic E-state index is -0.410. The zero-order valence-corrected chi connectivity index (χ0v) is 12.5.